The highest BCUT2D eigenvalue weighted by Gasteiger charge is 2.30. The van der Waals surface area contributed by atoms with Crippen LogP contribution in [0.25, 0.3) is 11.1 Å². The summed E-state index contributed by atoms with van der Waals surface area (Å²) in [6.07, 6.45) is 2.56. The summed E-state index contributed by atoms with van der Waals surface area (Å²) in [5.74, 6) is -1.92. The van der Waals surface area contributed by atoms with Crippen LogP contribution in [0.4, 0.5) is 4.79 Å². The van der Waals surface area contributed by atoms with Crippen LogP contribution in [0.3, 0.4) is 0 Å². The molecule has 35 heavy (non-hydrogen) atoms. The van der Waals surface area contributed by atoms with Gasteiger partial charge in [0.25, 0.3) is 0 Å². The Morgan fingerprint density at radius 2 is 1.63 bits per heavy atom. The summed E-state index contributed by atoms with van der Waals surface area (Å²) in [6.45, 7) is 3.63. The standard InChI is InChI=1S/C27H27N3O5/c1-2-8-23(26(32)33)29-25(31)24(15-17-9-7-14-28-17)30-27(34)35-16-22-20-12-5-3-10-18(20)19-11-4-6-13-21(19)22/h2-7,9-14,22-24,28H,1,8,15-16H2,(H,29,31)(H,30,34)(H,32,33). The van der Waals surface area contributed by atoms with Gasteiger partial charge in [0.15, 0.2) is 0 Å². The molecule has 1 aromatic heterocycles. The van der Waals surface area contributed by atoms with Crippen molar-refractivity contribution in [2.24, 2.45) is 0 Å². The van der Waals surface area contributed by atoms with Crippen molar-refractivity contribution in [3.05, 3.63) is 96.3 Å². The predicted octanol–water partition coefficient (Wildman–Crippen LogP) is 3.61. The number of amides is 2. The molecule has 2 unspecified atom stereocenters. The number of aromatic nitrogens is 1. The summed E-state index contributed by atoms with van der Waals surface area (Å²) in [4.78, 5) is 40.1. The molecule has 2 atom stereocenters. The number of nitrogens with one attached hydrogen (secondary N) is 3. The van der Waals surface area contributed by atoms with Crippen molar-refractivity contribution in [1.82, 2.24) is 15.6 Å². The molecule has 4 rings (SSSR count). The number of carboxylic acids is 1. The Bertz CT molecular complexity index is 1180. The van der Waals surface area contributed by atoms with E-state index in [9.17, 15) is 19.5 Å². The summed E-state index contributed by atoms with van der Waals surface area (Å²) < 4.78 is 5.57. The molecule has 0 saturated heterocycles. The van der Waals surface area contributed by atoms with E-state index in [2.05, 4.69) is 22.2 Å². The summed E-state index contributed by atoms with van der Waals surface area (Å²) in [7, 11) is 0. The van der Waals surface area contributed by atoms with Crippen molar-refractivity contribution < 1.29 is 24.2 Å². The van der Waals surface area contributed by atoms with Gasteiger partial charge in [-0.05, 0) is 40.8 Å². The number of carboxylic acid groups (broad SMARTS) is 1. The van der Waals surface area contributed by atoms with E-state index in [1.807, 2.05) is 48.5 Å². The topological polar surface area (TPSA) is 121 Å². The minimum Gasteiger partial charge on any atom is -0.480 e. The highest BCUT2D eigenvalue weighted by atomic mass is 16.5. The molecule has 1 aliphatic rings. The molecule has 1 aliphatic carbocycles. The number of aliphatic carboxylic acids is 1. The van der Waals surface area contributed by atoms with Gasteiger partial charge in [0.2, 0.25) is 5.91 Å². The van der Waals surface area contributed by atoms with Crippen LogP contribution in [-0.4, -0.2) is 46.8 Å². The number of aromatic amines is 1. The molecule has 8 heteroatoms. The molecule has 0 fully saturated rings. The monoisotopic (exact) mass is 473 g/mol. The first-order valence-electron chi connectivity index (χ1n) is 11.4. The van der Waals surface area contributed by atoms with Crippen molar-refractivity contribution in [3.63, 3.8) is 0 Å². The summed E-state index contributed by atoms with van der Waals surface area (Å²) in [5.41, 5.74) is 5.09. The van der Waals surface area contributed by atoms with E-state index in [0.717, 1.165) is 22.3 Å². The second kappa shape index (κ2) is 10.7. The Morgan fingerprint density at radius 3 is 2.20 bits per heavy atom. The SMILES string of the molecule is C=CCC(NC(=O)C(Cc1ccc[nH]1)NC(=O)OCC1c2ccccc2-c2ccccc21)C(=O)O. The number of carbonyl (C=O) groups is 3. The first-order valence-corrected chi connectivity index (χ1v) is 11.4. The van der Waals surface area contributed by atoms with Crippen LogP contribution >= 0.6 is 0 Å². The molecule has 0 radical (unpaired) electrons. The highest BCUT2D eigenvalue weighted by Crippen LogP contribution is 2.44. The van der Waals surface area contributed by atoms with Crippen molar-refractivity contribution in [3.8, 4) is 11.1 Å². The first kappa shape index (κ1) is 23.8. The second-order valence-electron chi connectivity index (χ2n) is 8.35. The maximum atomic E-state index is 12.9. The molecule has 2 aromatic carbocycles. The Kier molecular flexibility index (Phi) is 7.30. The zero-order valence-electron chi connectivity index (χ0n) is 19.1. The summed E-state index contributed by atoms with van der Waals surface area (Å²) in [6, 6.07) is 17.4. The molecule has 1 heterocycles. The minimum atomic E-state index is -1.18. The van der Waals surface area contributed by atoms with Crippen molar-refractivity contribution in [1.29, 1.82) is 0 Å². The fraction of sp³-hybridized carbons (Fsp3) is 0.222. The van der Waals surface area contributed by atoms with E-state index in [1.165, 1.54) is 6.08 Å². The Labute approximate surface area is 203 Å². The number of hydrogen-bond acceptors (Lipinski definition) is 4. The van der Waals surface area contributed by atoms with Crippen LogP contribution in [0.1, 0.15) is 29.2 Å². The van der Waals surface area contributed by atoms with E-state index in [0.29, 0.717) is 5.69 Å². The van der Waals surface area contributed by atoms with E-state index < -0.39 is 30.1 Å². The maximum absolute atomic E-state index is 12.9. The molecule has 4 N–H and O–H groups in total. The lowest BCUT2D eigenvalue weighted by atomic mass is 9.98. The predicted molar refractivity (Wildman–Crippen MR) is 131 cm³/mol. The molecule has 0 spiro atoms. The van der Waals surface area contributed by atoms with E-state index in [4.69, 9.17) is 4.74 Å². The lowest BCUT2D eigenvalue weighted by Crippen LogP contribution is -2.52. The average molecular weight is 474 g/mol. The fourth-order valence-electron chi connectivity index (χ4n) is 4.37. The zero-order chi connectivity index (χ0) is 24.8. The molecule has 0 saturated carbocycles. The lowest BCUT2D eigenvalue weighted by Gasteiger charge is -2.21. The number of fused-ring (bicyclic) bond motifs is 3. The van der Waals surface area contributed by atoms with Gasteiger partial charge >= 0.3 is 12.1 Å². The van der Waals surface area contributed by atoms with Crippen LogP contribution in [0.15, 0.2) is 79.5 Å². The summed E-state index contributed by atoms with van der Waals surface area (Å²) in [5, 5.41) is 14.4. The third-order valence-electron chi connectivity index (χ3n) is 6.06. The molecule has 180 valence electrons. The van der Waals surface area contributed by atoms with E-state index >= 15 is 0 Å². The van der Waals surface area contributed by atoms with Gasteiger partial charge in [-0.3, -0.25) is 4.79 Å². The molecule has 3 aromatic rings. The average Bonchev–Trinajstić information content (AvgIpc) is 3.48. The van der Waals surface area contributed by atoms with Crippen LogP contribution in [-0.2, 0) is 20.7 Å². The number of benzene rings is 2. The Balaban J connectivity index is 1.45. The van der Waals surface area contributed by atoms with Crippen molar-refractivity contribution >= 4 is 18.0 Å². The molecular formula is C27H27N3O5. The van der Waals surface area contributed by atoms with E-state index in [1.54, 1.807) is 18.3 Å². The number of ether oxygens (including phenoxy) is 1. The Morgan fingerprint density at radius 1 is 0.971 bits per heavy atom. The molecular weight excluding hydrogens is 446 g/mol. The zero-order valence-corrected chi connectivity index (χ0v) is 19.1. The molecule has 8 nitrogen and oxygen atoms in total. The smallest absolute Gasteiger partial charge is 0.407 e. The van der Waals surface area contributed by atoms with Crippen molar-refractivity contribution in [2.75, 3.05) is 6.61 Å². The van der Waals surface area contributed by atoms with Crippen LogP contribution in [0.5, 0.6) is 0 Å². The van der Waals surface area contributed by atoms with Gasteiger partial charge in [-0.15, -0.1) is 6.58 Å². The Hall–Kier alpha value is -4.33. The third kappa shape index (κ3) is 5.43. The van der Waals surface area contributed by atoms with Gasteiger partial charge in [-0.1, -0.05) is 54.6 Å². The largest absolute Gasteiger partial charge is 0.480 e. The van der Waals surface area contributed by atoms with Crippen LogP contribution < -0.4 is 10.6 Å². The minimum absolute atomic E-state index is 0.0568. The van der Waals surface area contributed by atoms with Crippen molar-refractivity contribution in [2.45, 2.75) is 30.8 Å². The number of alkyl carbamates (subject to hydrolysis) is 1. The normalized spacial score (nSPS) is 13.7. The third-order valence-corrected chi connectivity index (χ3v) is 6.06. The van der Waals surface area contributed by atoms with Gasteiger partial charge < -0.3 is 25.5 Å². The lowest BCUT2D eigenvalue weighted by molar-refractivity contribution is -0.142. The fourth-order valence-corrected chi connectivity index (χ4v) is 4.37. The highest BCUT2D eigenvalue weighted by molar-refractivity contribution is 5.89. The number of H-pyrrole nitrogens is 1. The van der Waals surface area contributed by atoms with Crippen LogP contribution in [0, 0.1) is 0 Å². The van der Waals surface area contributed by atoms with Gasteiger partial charge in [0, 0.05) is 24.2 Å². The maximum Gasteiger partial charge on any atom is 0.407 e. The molecule has 0 aliphatic heterocycles. The number of carbonyl (C=O) groups excluding carboxylic acids is 2. The number of hydrogen-bond donors (Lipinski definition) is 4. The molecule has 0 bridgehead atoms. The van der Waals surface area contributed by atoms with Gasteiger partial charge in [0.05, 0.1) is 0 Å². The first-order chi connectivity index (χ1) is 17.0. The second-order valence-corrected chi connectivity index (χ2v) is 8.35. The van der Waals surface area contributed by atoms with E-state index in [-0.39, 0.29) is 25.4 Å². The van der Waals surface area contributed by atoms with Gasteiger partial charge in [-0.25, -0.2) is 9.59 Å². The number of rotatable bonds is 10. The van der Waals surface area contributed by atoms with Crippen LogP contribution in [0.2, 0.25) is 0 Å². The van der Waals surface area contributed by atoms with Gasteiger partial charge in [-0.2, -0.15) is 0 Å². The molecule has 2 amide bonds. The quantitative estimate of drug-likeness (QED) is 0.335. The van der Waals surface area contributed by atoms with Gasteiger partial charge in [0.1, 0.15) is 18.7 Å². The summed E-state index contributed by atoms with van der Waals surface area (Å²) >= 11 is 0.